The Morgan fingerprint density at radius 3 is 2.68 bits per heavy atom. The number of hydrogen-bond acceptors (Lipinski definition) is 5. The maximum atomic E-state index is 10.1. The number of rotatable bonds is 3. The molecule has 0 radical (unpaired) electrons. The fourth-order valence-corrected chi connectivity index (χ4v) is 2.63. The Labute approximate surface area is 112 Å². The lowest BCUT2D eigenvalue weighted by molar-refractivity contribution is -0.0153. The van der Waals surface area contributed by atoms with Gasteiger partial charge in [-0.2, -0.15) is 0 Å². The third-order valence-electron chi connectivity index (χ3n) is 4.01. The van der Waals surface area contributed by atoms with Crippen LogP contribution in [0, 0.1) is 0 Å². The summed E-state index contributed by atoms with van der Waals surface area (Å²) in [6.45, 7) is 3.29. The Balaban J connectivity index is 1.61. The highest BCUT2D eigenvalue weighted by molar-refractivity contribution is 5.44. The van der Waals surface area contributed by atoms with Gasteiger partial charge in [-0.3, -0.25) is 4.90 Å². The molecule has 0 saturated carbocycles. The molecule has 0 unspecified atom stereocenters. The SMILES string of the molecule is NCC1(O)CCN(Cc2ccc3c(c2)OCO3)CC1. The highest BCUT2D eigenvalue weighted by Gasteiger charge is 2.30. The molecule has 2 heterocycles. The first-order valence-corrected chi connectivity index (χ1v) is 6.72. The predicted octanol–water partition coefficient (Wildman–Crippen LogP) is 0.701. The zero-order valence-electron chi connectivity index (χ0n) is 11.0. The first-order chi connectivity index (χ1) is 9.18. The Hall–Kier alpha value is -1.30. The van der Waals surface area contributed by atoms with Crippen LogP contribution < -0.4 is 15.2 Å². The molecule has 3 N–H and O–H groups in total. The average molecular weight is 264 g/mol. The number of hydrogen-bond donors (Lipinski definition) is 2. The number of piperidine rings is 1. The molecule has 2 aliphatic heterocycles. The fourth-order valence-electron chi connectivity index (χ4n) is 2.63. The summed E-state index contributed by atoms with van der Waals surface area (Å²) in [5.74, 6) is 1.65. The minimum atomic E-state index is -0.661. The van der Waals surface area contributed by atoms with Gasteiger partial charge in [0.2, 0.25) is 6.79 Å². The lowest BCUT2D eigenvalue weighted by Gasteiger charge is -2.37. The summed E-state index contributed by atoms with van der Waals surface area (Å²) in [6.07, 6.45) is 1.49. The van der Waals surface area contributed by atoms with E-state index in [0.717, 1.165) is 44.0 Å². The molecule has 0 spiro atoms. The van der Waals surface area contributed by atoms with Crippen molar-refractivity contribution >= 4 is 0 Å². The zero-order valence-corrected chi connectivity index (χ0v) is 11.0. The van der Waals surface area contributed by atoms with Crippen LogP contribution in [-0.2, 0) is 6.54 Å². The number of aliphatic hydroxyl groups is 1. The summed E-state index contributed by atoms with van der Waals surface area (Å²) < 4.78 is 10.7. The monoisotopic (exact) mass is 264 g/mol. The summed E-state index contributed by atoms with van der Waals surface area (Å²) in [6, 6.07) is 6.06. The highest BCUT2D eigenvalue weighted by Crippen LogP contribution is 2.33. The third kappa shape index (κ3) is 2.68. The first kappa shape index (κ1) is 12.7. The molecule has 5 heteroatoms. The summed E-state index contributed by atoms with van der Waals surface area (Å²) in [4.78, 5) is 2.33. The van der Waals surface area contributed by atoms with E-state index in [0.29, 0.717) is 13.3 Å². The van der Waals surface area contributed by atoms with Crippen molar-refractivity contribution in [3.8, 4) is 11.5 Å². The van der Waals surface area contributed by atoms with Gasteiger partial charge >= 0.3 is 0 Å². The van der Waals surface area contributed by atoms with Crippen LogP contribution in [0.2, 0.25) is 0 Å². The van der Waals surface area contributed by atoms with Crippen LogP contribution in [-0.4, -0.2) is 42.0 Å². The molecular formula is C14H20N2O3. The van der Waals surface area contributed by atoms with E-state index < -0.39 is 5.60 Å². The van der Waals surface area contributed by atoms with Crippen molar-refractivity contribution in [2.75, 3.05) is 26.4 Å². The van der Waals surface area contributed by atoms with Gasteiger partial charge < -0.3 is 20.3 Å². The van der Waals surface area contributed by atoms with E-state index in [9.17, 15) is 5.11 Å². The van der Waals surface area contributed by atoms with Gasteiger partial charge in [-0.05, 0) is 30.5 Å². The lowest BCUT2D eigenvalue weighted by Crippen LogP contribution is -2.48. The fraction of sp³-hybridized carbons (Fsp3) is 0.571. The standard InChI is InChI=1S/C14H20N2O3/c15-9-14(17)3-5-16(6-4-14)8-11-1-2-12-13(7-11)19-10-18-12/h1-2,7,17H,3-6,8-10,15H2. The third-order valence-corrected chi connectivity index (χ3v) is 4.01. The Kier molecular flexibility index (Phi) is 3.35. The normalized spacial score (nSPS) is 21.6. The minimum Gasteiger partial charge on any atom is -0.454 e. The highest BCUT2D eigenvalue weighted by atomic mass is 16.7. The number of fused-ring (bicyclic) bond motifs is 1. The van der Waals surface area contributed by atoms with Gasteiger partial charge in [-0.25, -0.2) is 0 Å². The average Bonchev–Trinajstić information content (AvgIpc) is 2.89. The van der Waals surface area contributed by atoms with Crippen LogP contribution in [0.3, 0.4) is 0 Å². The van der Waals surface area contributed by atoms with E-state index in [4.69, 9.17) is 15.2 Å². The molecule has 104 valence electrons. The summed E-state index contributed by atoms with van der Waals surface area (Å²) >= 11 is 0. The Morgan fingerprint density at radius 1 is 1.21 bits per heavy atom. The first-order valence-electron chi connectivity index (χ1n) is 6.72. The maximum absolute atomic E-state index is 10.1. The number of nitrogens with two attached hydrogens (primary N) is 1. The maximum Gasteiger partial charge on any atom is 0.231 e. The second-order valence-electron chi connectivity index (χ2n) is 5.39. The largest absolute Gasteiger partial charge is 0.454 e. The second kappa shape index (κ2) is 5.00. The molecule has 0 atom stereocenters. The van der Waals surface area contributed by atoms with Crippen molar-refractivity contribution in [3.05, 3.63) is 23.8 Å². The summed E-state index contributed by atoms with van der Waals surface area (Å²) in [5, 5.41) is 10.1. The van der Waals surface area contributed by atoms with Crippen molar-refractivity contribution in [3.63, 3.8) is 0 Å². The molecule has 0 aromatic heterocycles. The molecular weight excluding hydrogens is 244 g/mol. The number of benzene rings is 1. The van der Waals surface area contributed by atoms with Gasteiger partial charge in [0.1, 0.15) is 0 Å². The summed E-state index contributed by atoms with van der Waals surface area (Å²) in [5.41, 5.74) is 6.15. The van der Waals surface area contributed by atoms with Crippen LogP contribution in [0.15, 0.2) is 18.2 Å². The lowest BCUT2D eigenvalue weighted by atomic mass is 9.91. The quantitative estimate of drug-likeness (QED) is 0.841. The van der Waals surface area contributed by atoms with Crippen molar-refractivity contribution in [2.24, 2.45) is 5.73 Å². The van der Waals surface area contributed by atoms with Crippen LogP contribution in [0.4, 0.5) is 0 Å². The molecule has 1 aromatic rings. The molecule has 0 bridgehead atoms. The van der Waals surface area contributed by atoms with Gasteiger partial charge in [-0.1, -0.05) is 6.07 Å². The number of ether oxygens (including phenoxy) is 2. The van der Waals surface area contributed by atoms with Crippen LogP contribution in [0.25, 0.3) is 0 Å². The van der Waals surface area contributed by atoms with E-state index in [1.54, 1.807) is 0 Å². The molecule has 0 amide bonds. The van der Waals surface area contributed by atoms with E-state index in [1.807, 2.05) is 12.1 Å². The number of nitrogens with zero attached hydrogens (tertiary/aromatic N) is 1. The van der Waals surface area contributed by atoms with E-state index in [-0.39, 0.29) is 0 Å². The molecule has 1 fully saturated rings. The molecule has 0 aliphatic carbocycles. The van der Waals surface area contributed by atoms with E-state index in [1.165, 1.54) is 5.56 Å². The van der Waals surface area contributed by atoms with Gasteiger partial charge in [-0.15, -0.1) is 0 Å². The van der Waals surface area contributed by atoms with Crippen LogP contribution >= 0.6 is 0 Å². The minimum absolute atomic E-state index is 0.312. The van der Waals surface area contributed by atoms with E-state index in [2.05, 4.69) is 11.0 Å². The Morgan fingerprint density at radius 2 is 1.95 bits per heavy atom. The van der Waals surface area contributed by atoms with Gasteiger partial charge in [0.25, 0.3) is 0 Å². The molecule has 5 nitrogen and oxygen atoms in total. The second-order valence-corrected chi connectivity index (χ2v) is 5.39. The van der Waals surface area contributed by atoms with Crippen LogP contribution in [0.5, 0.6) is 11.5 Å². The topological polar surface area (TPSA) is 68.0 Å². The van der Waals surface area contributed by atoms with Crippen LogP contribution in [0.1, 0.15) is 18.4 Å². The predicted molar refractivity (Wildman–Crippen MR) is 71.1 cm³/mol. The Bertz CT molecular complexity index is 456. The van der Waals surface area contributed by atoms with Crippen molar-refractivity contribution in [1.29, 1.82) is 0 Å². The van der Waals surface area contributed by atoms with Crippen molar-refractivity contribution in [2.45, 2.75) is 25.0 Å². The molecule has 1 aromatic carbocycles. The molecule has 1 saturated heterocycles. The summed E-state index contributed by atoms with van der Waals surface area (Å²) in [7, 11) is 0. The van der Waals surface area contributed by atoms with Gasteiger partial charge in [0.05, 0.1) is 5.60 Å². The molecule has 19 heavy (non-hydrogen) atoms. The van der Waals surface area contributed by atoms with Crippen molar-refractivity contribution < 1.29 is 14.6 Å². The molecule has 3 rings (SSSR count). The smallest absolute Gasteiger partial charge is 0.231 e. The zero-order chi connectivity index (χ0) is 13.3. The van der Waals surface area contributed by atoms with Crippen molar-refractivity contribution in [1.82, 2.24) is 4.90 Å². The molecule has 2 aliphatic rings. The number of likely N-dealkylation sites (tertiary alicyclic amines) is 1. The van der Waals surface area contributed by atoms with Gasteiger partial charge in [0, 0.05) is 26.2 Å². The van der Waals surface area contributed by atoms with E-state index >= 15 is 0 Å². The van der Waals surface area contributed by atoms with Gasteiger partial charge in [0.15, 0.2) is 11.5 Å².